The molecule has 26 heavy (non-hydrogen) atoms. The van der Waals surface area contributed by atoms with Crippen LogP contribution in [0.4, 0.5) is 0 Å². The van der Waals surface area contributed by atoms with Crippen molar-refractivity contribution in [3.05, 3.63) is 71.8 Å². The van der Waals surface area contributed by atoms with Crippen molar-refractivity contribution in [2.45, 2.75) is 19.2 Å². The molecule has 4 rings (SSSR count). The van der Waals surface area contributed by atoms with Crippen LogP contribution in [-0.2, 0) is 13.1 Å². The van der Waals surface area contributed by atoms with Gasteiger partial charge in [-0.05, 0) is 17.7 Å². The highest BCUT2D eigenvalue weighted by molar-refractivity contribution is 5.72. The van der Waals surface area contributed by atoms with Gasteiger partial charge in [-0.3, -0.25) is 0 Å². The minimum Gasteiger partial charge on any atom is -0.394 e. The maximum absolute atomic E-state index is 10.5. The lowest BCUT2D eigenvalue weighted by atomic mass is 10.1. The average molecular weight is 350 g/mol. The van der Waals surface area contributed by atoms with Gasteiger partial charge in [0, 0.05) is 0 Å². The summed E-state index contributed by atoms with van der Waals surface area (Å²) in [6.45, 7) is 0.500. The van der Waals surface area contributed by atoms with E-state index in [4.69, 9.17) is 0 Å². The molecule has 1 atom stereocenters. The summed E-state index contributed by atoms with van der Waals surface area (Å²) in [5.41, 5.74) is 2.30. The van der Waals surface area contributed by atoms with E-state index in [-0.39, 0.29) is 19.0 Å². The largest absolute Gasteiger partial charge is 0.394 e. The molecule has 0 saturated heterocycles. The van der Waals surface area contributed by atoms with E-state index in [1.165, 1.54) is 0 Å². The summed E-state index contributed by atoms with van der Waals surface area (Å²) in [5.74, 6) is 0.862. The monoisotopic (exact) mass is 350 g/mol. The highest BCUT2D eigenvalue weighted by Crippen LogP contribution is 2.19. The van der Waals surface area contributed by atoms with Crippen LogP contribution < -0.4 is 0 Å². The summed E-state index contributed by atoms with van der Waals surface area (Å²) < 4.78 is 1.58. The van der Waals surface area contributed by atoms with Gasteiger partial charge in [-0.25, -0.2) is 9.67 Å². The third-order valence-electron chi connectivity index (χ3n) is 4.05. The van der Waals surface area contributed by atoms with E-state index in [0.717, 1.165) is 11.0 Å². The molecule has 0 aliphatic heterocycles. The Hall–Kier alpha value is -3.10. The fraction of sp³-hybridized carbons (Fsp3) is 0.222. The van der Waals surface area contributed by atoms with Crippen molar-refractivity contribution in [3.63, 3.8) is 0 Å². The van der Waals surface area contributed by atoms with Crippen molar-refractivity contribution in [3.8, 4) is 0 Å². The molecule has 0 amide bonds. The van der Waals surface area contributed by atoms with Crippen LogP contribution in [0.25, 0.3) is 11.0 Å². The number of hydrogen-bond donors (Lipinski definition) is 2. The second kappa shape index (κ2) is 7.03. The molecule has 2 N–H and O–H groups in total. The molecule has 8 nitrogen and oxygen atoms in total. The highest BCUT2D eigenvalue weighted by atomic mass is 16.3. The standard InChI is InChI=1S/C18H18N6O2/c25-11-10-23-16(12-24-20-14-8-4-5-9-15(14)21-24)19-18(22-23)17(26)13-6-2-1-3-7-13/h1-9,17,25-26H,10-12H2. The minimum atomic E-state index is -0.931. The van der Waals surface area contributed by atoms with E-state index in [0.29, 0.717) is 17.9 Å². The lowest BCUT2D eigenvalue weighted by Crippen LogP contribution is -2.13. The van der Waals surface area contributed by atoms with Crippen LogP contribution in [0, 0.1) is 0 Å². The number of rotatable bonds is 6. The molecular formula is C18H18N6O2. The fourth-order valence-electron chi connectivity index (χ4n) is 2.79. The summed E-state index contributed by atoms with van der Waals surface area (Å²) in [5, 5.41) is 33.0. The van der Waals surface area contributed by atoms with Crippen molar-refractivity contribution in [1.29, 1.82) is 0 Å². The molecular weight excluding hydrogens is 332 g/mol. The quantitative estimate of drug-likeness (QED) is 0.541. The van der Waals surface area contributed by atoms with Crippen molar-refractivity contribution in [2.24, 2.45) is 0 Å². The van der Waals surface area contributed by atoms with Gasteiger partial charge in [-0.1, -0.05) is 42.5 Å². The second-order valence-electron chi connectivity index (χ2n) is 5.87. The molecule has 0 radical (unpaired) electrons. The van der Waals surface area contributed by atoms with Gasteiger partial charge in [0.1, 0.15) is 23.7 Å². The number of nitrogens with zero attached hydrogens (tertiary/aromatic N) is 6. The number of benzene rings is 2. The molecule has 2 aromatic heterocycles. The molecule has 0 aliphatic rings. The predicted molar refractivity (Wildman–Crippen MR) is 94.2 cm³/mol. The number of fused-ring (bicyclic) bond motifs is 1. The maximum Gasteiger partial charge on any atom is 0.184 e. The third kappa shape index (κ3) is 3.19. The zero-order valence-electron chi connectivity index (χ0n) is 14.0. The maximum atomic E-state index is 10.5. The predicted octanol–water partition coefficient (Wildman–Crippen LogP) is 1.15. The normalized spacial score (nSPS) is 12.5. The van der Waals surface area contributed by atoms with E-state index in [9.17, 15) is 10.2 Å². The Labute approximate surface area is 149 Å². The number of aliphatic hydroxyl groups excluding tert-OH is 2. The van der Waals surface area contributed by atoms with Crippen LogP contribution in [0.2, 0.25) is 0 Å². The number of hydrogen-bond acceptors (Lipinski definition) is 6. The van der Waals surface area contributed by atoms with E-state index >= 15 is 0 Å². The molecule has 132 valence electrons. The summed E-state index contributed by atoms with van der Waals surface area (Å²) >= 11 is 0. The molecule has 0 aliphatic carbocycles. The summed E-state index contributed by atoms with van der Waals surface area (Å²) in [7, 11) is 0. The Morgan fingerprint density at radius 3 is 2.19 bits per heavy atom. The van der Waals surface area contributed by atoms with E-state index < -0.39 is 6.10 Å². The minimum absolute atomic E-state index is 0.0776. The van der Waals surface area contributed by atoms with Gasteiger partial charge in [-0.2, -0.15) is 20.1 Å². The van der Waals surface area contributed by atoms with Crippen LogP contribution in [0.1, 0.15) is 23.3 Å². The molecule has 0 fully saturated rings. The van der Waals surface area contributed by atoms with Crippen molar-refractivity contribution >= 4 is 11.0 Å². The first-order valence-corrected chi connectivity index (χ1v) is 8.32. The first kappa shape index (κ1) is 16.4. The molecule has 0 bridgehead atoms. The van der Waals surface area contributed by atoms with Gasteiger partial charge < -0.3 is 10.2 Å². The Balaban J connectivity index is 1.65. The topological polar surface area (TPSA) is 102 Å². The van der Waals surface area contributed by atoms with Crippen LogP contribution in [0.3, 0.4) is 0 Å². The van der Waals surface area contributed by atoms with Crippen molar-refractivity contribution in [1.82, 2.24) is 29.8 Å². The Morgan fingerprint density at radius 2 is 1.54 bits per heavy atom. The van der Waals surface area contributed by atoms with Crippen LogP contribution in [-0.4, -0.2) is 46.6 Å². The third-order valence-corrected chi connectivity index (χ3v) is 4.05. The van der Waals surface area contributed by atoms with Crippen LogP contribution in [0.15, 0.2) is 54.6 Å². The zero-order chi connectivity index (χ0) is 17.9. The van der Waals surface area contributed by atoms with E-state index in [2.05, 4.69) is 20.3 Å². The smallest absolute Gasteiger partial charge is 0.184 e. The second-order valence-corrected chi connectivity index (χ2v) is 5.87. The first-order chi connectivity index (χ1) is 12.7. The molecule has 8 heteroatoms. The molecule has 0 spiro atoms. The fourth-order valence-corrected chi connectivity index (χ4v) is 2.79. The lowest BCUT2D eigenvalue weighted by molar-refractivity contribution is 0.208. The van der Waals surface area contributed by atoms with Gasteiger partial charge in [-0.15, -0.1) is 0 Å². The summed E-state index contributed by atoms with van der Waals surface area (Å²) in [4.78, 5) is 6.00. The Kier molecular flexibility index (Phi) is 4.42. The number of aliphatic hydroxyl groups is 2. The average Bonchev–Trinajstić information content (AvgIpc) is 3.26. The molecule has 0 saturated carbocycles. The van der Waals surface area contributed by atoms with Gasteiger partial charge in [0.25, 0.3) is 0 Å². The molecule has 4 aromatic rings. The van der Waals surface area contributed by atoms with Gasteiger partial charge >= 0.3 is 0 Å². The summed E-state index contributed by atoms with van der Waals surface area (Å²) in [6.07, 6.45) is -0.931. The SMILES string of the molecule is OCCn1nc(C(O)c2ccccc2)nc1Cn1nc2ccccc2n1. The first-order valence-electron chi connectivity index (χ1n) is 8.32. The molecule has 1 unspecified atom stereocenters. The molecule has 2 heterocycles. The van der Waals surface area contributed by atoms with Crippen LogP contribution >= 0.6 is 0 Å². The number of aromatic nitrogens is 6. The van der Waals surface area contributed by atoms with Crippen molar-refractivity contribution in [2.75, 3.05) is 6.61 Å². The van der Waals surface area contributed by atoms with Gasteiger partial charge in [0.05, 0.1) is 13.2 Å². The van der Waals surface area contributed by atoms with Crippen molar-refractivity contribution < 1.29 is 10.2 Å². The Morgan fingerprint density at radius 1 is 0.885 bits per heavy atom. The molecule has 2 aromatic carbocycles. The van der Waals surface area contributed by atoms with E-state index in [1.807, 2.05) is 54.6 Å². The lowest BCUT2D eigenvalue weighted by Gasteiger charge is -2.05. The van der Waals surface area contributed by atoms with Crippen LogP contribution in [0.5, 0.6) is 0 Å². The van der Waals surface area contributed by atoms with Gasteiger partial charge in [0.15, 0.2) is 11.6 Å². The highest BCUT2D eigenvalue weighted by Gasteiger charge is 2.19. The Bertz CT molecular complexity index is 978. The summed E-state index contributed by atoms with van der Waals surface area (Å²) in [6, 6.07) is 16.8. The van der Waals surface area contributed by atoms with Gasteiger partial charge in [0.2, 0.25) is 0 Å². The van der Waals surface area contributed by atoms with E-state index in [1.54, 1.807) is 9.48 Å². The zero-order valence-corrected chi connectivity index (χ0v) is 14.0.